The quantitative estimate of drug-likeness (QED) is 0.710. The van der Waals surface area contributed by atoms with Gasteiger partial charge in [0.05, 0.1) is 5.30 Å². The Kier molecular flexibility index (Phi) is 2.13. The van der Waals surface area contributed by atoms with Crippen LogP contribution in [-0.2, 0) is 6.42 Å². The molecule has 1 heterocycles. The first-order chi connectivity index (χ1) is 4.75. The van der Waals surface area contributed by atoms with Gasteiger partial charge in [-0.2, -0.15) is 0 Å². The average Bonchev–Trinajstić information content (AvgIpc) is 2.33. The van der Waals surface area contributed by atoms with E-state index in [0.29, 0.717) is 13.5 Å². The molecule has 1 rings (SSSR count). The predicted molar refractivity (Wildman–Crippen MR) is 42.3 cm³/mol. The molecular weight excluding hydrogens is 147 g/mol. The fraction of sp³-hybridized carbons (Fsp3) is 0.286. The molecule has 0 spiro atoms. The van der Waals surface area contributed by atoms with Crippen molar-refractivity contribution in [3.63, 3.8) is 0 Å². The first kappa shape index (κ1) is 7.36. The van der Waals surface area contributed by atoms with E-state index in [2.05, 4.69) is 0 Å². The molecular formula is C7H9O2P. The van der Waals surface area contributed by atoms with Crippen molar-refractivity contribution in [2.75, 3.05) is 0 Å². The van der Waals surface area contributed by atoms with Crippen molar-refractivity contribution >= 4 is 14.2 Å². The molecule has 2 nitrogen and oxygen atoms in total. The first-order valence-electron chi connectivity index (χ1n) is 3.15. The SMILES string of the molecule is CCc1cc[pH]c1C(=O)O. The number of carboxylic acids is 1. The molecule has 1 N–H and O–H groups in total. The summed E-state index contributed by atoms with van der Waals surface area (Å²) in [5, 5.41) is 9.21. The summed E-state index contributed by atoms with van der Waals surface area (Å²) in [5.74, 6) is 1.16. The summed E-state index contributed by atoms with van der Waals surface area (Å²) >= 11 is 0. The number of aryl methyl sites for hydroxylation is 1. The third kappa shape index (κ3) is 1.22. The molecule has 0 radical (unpaired) electrons. The molecule has 0 aromatic carbocycles. The van der Waals surface area contributed by atoms with Gasteiger partial charge in [0, 0.05) is 0 Å². The maximum Gasteiger partial charge on any atom is 0.339 e. The van der Waals surface area contributed by atoms with Crippen LogP contribution >= 0.6 is 8.19 Å². The van der Waals surface area contributed by atoms with Crippen molar-refractivity contribution in [2.45, 2.75) is 13.3 Å². The van der Waals surface area contributed by atoms with Crippen molar-refractivity contribution in [1.29, 1.82) is 0 Å². The summed E-state index contributed by atoms with van der Waals surface area (Å²) < 4.78 is 0. The van der Waals surface area contributed by atoms with Gasteiger partial charge in [-0.1, -0.05) is 13.0 Å². The topological polar surface area (TPSA) is 37.3 Å². The van der Waals surface area contributed by atoms with Crippen molar-refractivity contribution in [2.24, 2.45) is 0 Å². The van der Waals surface area contributed by atoms with E-state index in [9.17, 15) is 4.79 Å². The third-order valence-electron chi connectivity index (χ3n) is 1.43. The molecule has 0 amide bonds. The second-order valence-electron chi connectivity index (χ2n) is 2.04. The van der Waals surface area contributed by atoms with Crippen LogP contribution in [0.15, 0.2) is 11.9 Å². The van der Waals surface area contributed by atoms with Crippen molar-refractivity contribution in [3.8, 4) is 0 Å². The molecule has 1 aromatic rings. The number of hydrogen-bond acceptors (Lipinski definition) is 1. The zero-order chi connectivity index (χ0) is 7.56. The van der Waals surface area contributed by atoms with Crippen LogP contribution in [0.3, 0.4) is 0 Å². The van der Waals surface area contributed by atoms with Crippen LogP contribution in [0.4, 0.5) is 0 Å². The lowest BCUT2D eigenvalue weighted by Crippen LogP contribution is -1.95. The number of aromatic carboxylic acids is 1. The number of carboxylic acid groups (broad SMARTS) is 1. The Morgan fingerprint density at radius 3 is 2.90 bits per heavy atom. The summed E-state index contributed by atoms with van der Waals surface area (Å²) in [7, 11) is 0.367. The molecule has 3 heteroatoms. The maximum atomic E-state index is 10.5. The summed E-state index contributed by atoms with van der Waals surface area (Å²) in [4.78, 5) is 10.5. The summed E-state index contributed by atoms with van der Waals surface area (Å²) in [5.41, 5.74) is 0.978. The van der Waals surface area contributed by atoms with E-state index >= 15 is 0 Å². The van der Waals surface area contributed by atoms with Crippen molar-refractivity contribution in [1.82, 2.24) is 0 Å². The minimum atomic E-state index is -0.764. The van der Waals surface area contributed by atoms with E-state index in [-0.39, 0.29) is 0 Å². The molecule has 0 aliphatic carbocycles. The van der Waals surface area contributed by atoms with Gasteiger partial charge in [0.25, 0.3) is 0 Å². The molecule has 0 saturated carbocycles. The van der Waals surface area contributed by atoms with Gasteiger partial charge in [-0.25, -0.2) is 4.79 Å². The lowest BCUT2D eigenvalue weighted by Gasteiger charge is -1.92. The highest BCUT2D eigenvalue weighted by atomic mass is 31.0. The highest BCUT2D eigenvalue weighted by Crippen LogP contribution is 2.21. The molecule has 0 aliphatic heterocycles. The molecule has 1 atom stereocenters. The fourth-order valence-electron chi connectivity index (χ4n) is 0.895. The van der Waals surface area contributed by atoms with E-state index in [0.717, 1.165) is 12.0 Å². The highest BCUT2D eigenvalue weighted by molar-refractivity contribution is 7.31. The molecule has 1 aromatic heterocycles. The smallest absolute Gasteiger partial charge is 0.339 e. The molecule has 0 aliphatic rings. The van der Waals surface area contributed by atoms with E-state index in [1.807, 2.05) is 18.8 Å². The number of carbonyl (C=O) groups is 1. The Morgan fingerprint density at radius 1 is 1.80 bits per heavy atom. The second-order valence-corrected chi connectivity index (χ2v) is 3.16. The van der Waals surface area contributed by atoms with Crippen LogP contribution < -0.4 is 0 Å². The fourth-order valence-corrected chi connectivity index (χ4v) is 1.92. The highest BCUT2D eigenvalue weighted by Gasteiger charge is 2.07. The van der Waals surface area contributed by atoms with E-state index in [1.54, 1.807) is 0 Å². The molecule has 0 saturated heterocycles. The van der Waals surface area contributed by atoms with Gasteiger partial charge in [-0.3, -0.25) is 0 Å². The van der Waals surface area contributed by atoms with E-state index in [4.69, 9.17) is 5.11 Å². The first-order valence-corrected chi connectivity index (χ1v) is 4.23. The lowest BCUT2D eigenvalue weighted by atomic mass is 10.2. The van der Waals surface area contributed by atoms with Gasteiger partial charge in [0.15, 0.2) is 0 Å². The van der Waals surface area contributed by atoms with Crippen molar-refractivity contribution in [3.05, 3.63) is 22.7 Å². The zero-order valence-corrected chi connectivity index (χ0v) is 6.72. The molecule has 10 heavy (non-hydrogen) atoms. The van der Waals surface area contributed by atoms with Crippen molar-refractivity contribution < 1.29 is 9.90 Å². The largest absolute Gasteiger partial charge is 0.477 e. The summed E-state index contributed by atoms with van der Waals surface area (Å²) in [6.45, 7) is 1.97. The van der Waals surface area contributed by atoms with Gasteiger partial charge < -0.3 is 5.11 Å². The number of rotatable bonds is 2. The Labute approximate surface area is 61.0 Å². The van der Waals surface area contributed by atoms with Crippen LogP contribution in [0.25, 0.3) is 0 Å². The Balaban J connectivity index is 3.01. The van der Waals surface area contributed by atoms with E-state index < -0.39 is 5.97 Å². The zero-order valence-electron chi connectivity index (χ0n) is 5.72. The average molecular weight is 156 g/mol. The number of hydrogen-bond donors (Lipinski definition) is 1. The molecule has 0 bridgehead atoms. The minimum absolute atomic E-state index is 0.367. The van der Waals surface area contributed by atoms with Gasteiger partial charge in [-0.15, -0.1) is 8.19 Å². The maximum absolute atomic E-state index is 10.5. The predicted octanol–water partition coefficient (Wildman–Crippen LogP) is 1.98. The third-order valence-corrected chi connectivity index (χ3v) is 2.59. The van der Waals surface area contributed by atoms with Gasteiger partial charge >= 0.3 is 5.97 Å². The Morgan fingerprint density at radius 2 is 2.50 bits per heavy atom. The van der Waals surface area contributed by atoms with Crippen LogP contribution in [0.1, 0.15) is 22.6 Å². The van der Waals surface area contributed by atoms with Gasteiger partial charge in [0.2, 0.25) is 0 Å². The van der Waals surface area contributed by atoms with Gasteiger partial charge in [0.1, 0.15) is 0 Å². The van der Waals surface area contributed by atoms with Crippen LogP contribution in [0, 0.1) is 0 Å². The Hall–Kier alpha value is -0.750. The molecule has 1 unspecified atom stereocenters. The van der Waals surface area contributed by atoms with E-state index in [1.165, 1.54) is 0 Å². The lowest BCUT2D eigenvalue weighted by molar-refractivity contribution is 0.0701. The standard InChI is InChI=1S/C7H9O2P/c1-2-5-3-4-10-6(5)7(8)9/h3-4,10H,2H2,1H3,(H,8,9). The van der Waals surface area contributed by atoms with Crippen LogP contribution in [0.2, 0.25) is 0 Å². The molecule has 0 fully saturated rings. The second kappa shape index (κ2) is 2.89. The molecule has 54 valence electrons. The van der Waals surface area contributed by atoms with Crippen LogP contribution in [0.5, 0.6) is 0 Å². The van der Waals surface area contributed by atoms with Crippen LogP contribution in [-0.4, -0.2) is 11.1 Å². The Bertz CT molecular complexity index is 240. The monoisotopic (exact) mass is 156 g/mol. The summed E-state index contributed by atoms with van der Waals surface area (Å²) in [6, 6.07) is 1.90. The summed E-state index contributed by atoms with van der Waals surface area (Å²) in [6.07, 6.45) is 0.825. The van der Waals surface area contributed by atoms with Gasteiger partial charge in [-0.05, 0) is 17.8 Å². The normalized spacial score (nSPS) is 10.5. The minimum Gasteiger partial charge on any atom is -0.477 e.